The van der Waals surface area contributed by atoms with Crippen molar-refractivity contribution in [2.24, 2.45) is 11.3 Å². The van der Waals surface area contributed by atoms with Crippen molar-refractivity contribution in [2.75, 3.05) is 5.75 Å². The molecule has 5 heteroatoms. The topological polar surface area (TPSA) is 46.2 Å². The normalized spacial score (nSPS) is 15.9. The Morgan fingerprint density at radius 3 is 1.83 bits per heavy atom. The second kappa shape index (κ2) is 9.09. The molecule has 2 atom stereocenters. The fourth-order valence-corrected chi connectivity index (χ4v) is 4.79. The van der Waals surface area contributed by atoms with Gasteiger partial charge in [0.25, 0.3) is 0 Å². The summed E-state index contributed by atoms with van der Waals surface area (Å²) in [5.74, 6) is 0.773. The molecule has 0 aromatic rings. The van der Waals surface area contributed by atoms with E-state index in [0.717, 1.165) is 0 Å². The van der Waals surface area contributed by atoms with Gasteiger partial charge in [0, 0.05) is 33.8 Å². The lowest BCUT2D eigenvalue weighted by atomic mass is 9.81. The molecular formula is C19H37NO2S2. The SMILES string of the molecule is CC(CC(=O)C(CSSC(C)(C)C)NC(C)(C)C)C(=O)C(C)(C)C. The van der Waals surface area contributed by atoms with Gasteiger partial charge in [0.15, 0.2) is 5.78 Å². The molecule has 0 amide bonds. The third kappa shape index (κ3) is 10.8. The molecule has 0 aromatic carbocycles. The highest BCUT2D eigenvalue weighted by Crippen LogP contribution is 2.35. The lowest BCUT2D eigenvalue weighted by Gasteiger charge is -2.29. The molecule has 0 saturated heterocycles. The number of hydrogen-bond donors (Lipinski definition) is 1. The van der Waals surface area contributed by atoms with E-state index in [1.165, 1.54) is 0 Å². The summed E-state index contributed by atoms with van der Waals surface area (Å²) in [6.07, 6.45) is 0.310. The monoisotopic (exact) mass is 375 g/mol. The van der Waals surface area contributed by atoms with Gasteiger partial charge in [-0.2, -0.15) is 0 Å². The summed E-state index contributed by atoms with van der Waals surface area (Å²) >= 11 is 0. The molecule has 0 aliphatic carbocycles. The molecule has 0 aromatic heterocycles. The number of carbonyl (C=O) groups is 2. The first-order chi connectivity index (χ1) is 10.5. The molecule has 0 aliphatic rings. The van der Waals surface area contributed by atoms with Crippen LogP contribution in [-0.4, -0.2) is 33.6 Å². The van der Waals surface area contributed by atoms with Gasteiger partial charge in [0.1, 0.15) is 5.78 Å². The first kappa shape index (κ1) is 24.0. The van der Waals surface area contributed by atoms with Crippen molar-refractivity contribution in [1.29, 1.82) is 0 Å². The van der Waals surface area contributed by atoms with Gasteiger partial charge in [0.05, 0.1) is 6.04 Å². The van der Waals surface area contributed by atoms with Crippen LogP contribution in [0.15, 0.2) is 0 Å². The number of hydrogen-bond acceptors (Lipinski definition) is 5. The highest BCUT2D eigenvalue weighted by Gasteiger charge is 2.31. The van der Waals surface area contributed by atoms with Crippen LogP contribution in [0.25, 0.3) is 0 Å². The third-order valence-corrected chi connectivity index (χ3v) is 6.58. The minimum Gasteiger partial charge on any atom is -0.302 e. The fraction of sp³-hybridized carbons (Fsp3) is 0.895. The van der Waals surface area contributed by atoms with Crippen molar-refractivity contribution in [2.45, 2.75) is 92.0 Å². The van der Waals surface area contributed by atoms with Gasteiger partial charge in [0.2, 0.25) is 0 Å². The smallest absolute Gasteiger partial charge is 0.151 e. The van der Waals surface area contributed by atoms with Crippen molar-refractivity contribution in [3.8, 4) is 0 Å². The standard InChI is InChI=1S/C19H37NO2S2/c1-13(16(22)17(2,3)4)11-15(21)14(20-18(5,6)7)12-23-24-19(8,9)10/h13-14,20H,11-12H2,1-10H3. The van der Waals surface area contributed by atoms with Crippen molar-refractivity contribution in [3.63, 3.8) is 0 Å². The van der Waals surface area contributed by atoms with Crippen LogP contribution in [0.1, 0.15) is 75.7 Å². The molecule has 1 N–H and O–H groups in total. The Kier molecular flexibility index (Phi) is 9.09. The van der Waals surface area contributed by atoms with E-state index in [2.05, 4.69) is 46.9 Å². The second-order valence-electron chi connectivity index (χ2n) is 9.61. The predicted octanol–water partition coefficient (Wildman–Crippen LogP) is 5.13. The van der Waals surface area contributed by atoms with Gasteiger partial charge < -0.3 is 5.32 Å². The Labute approximate surface area is 157 Å². The van der Waals surface area contributed by atoms with E-state index in [0.29, 0.717) is 12.2 Å². The average molecular weight is 376 g/mol. The van der Waals surface area contributed by atoms with E-state index in [-0.39, 0.29) is 33.8 Å². The van der Waals surface area contributed by atoms with Gasteiger partial charge >= 0.3 is 0 Å². The summed E-state index contributed by atoms with van der Waals surface area (Å²) in [4.78, 5) is 25.2. The Morgan fingerprint density at radius 2 is 1.46 bits per heavy atom. The van der Waals surface area contributed by atoms with Crippen LogP contribution >= 0.6 is 21.6 Å². The molecule has 0 rings (SSSR count). The number of rotatable bonds is 8. The molecular weight excluding hydrogens is 338 g/mol. The zero-order valence-corrected chi connectivity index (χ0v) is 18.8. The number of Topliss-reactive ketones (excluding diaryl/α,β-unsaturated/α-hetero) is 2. The van der Waals surface area contributed by atoms with Crippen LogP contribution < -0.4 is 5.32 Å². The van der Waals surface area contributed by atoms with Crippen molar-refractivity contribution < 1.29 is 9.59 Å². The Morgan fingerprint density at radius 1 is 0.958 bits per heavy atom. The lowest BCUT2D eigenvalue weighted by molar-refractivity contribution is -0.133. The van der Waals surface area contributed by atoms with E-state index >= 15 is 0 Å². The molecule has 24 heavy (non-hydrogen) atoms. The quantitative estimate of drug-likeness (QED) is 0.596. The zero-order valence-electron chi connectivity index (χ0n) is 17.2. The van der Waals surface area contributed by atoms with Crippen molar-refractivity contribution >= 4 is 33.2 Å². The zero-order chi connectivity index (χ0) is 19.3. The third-order valence-electron chi connectivity index (χ3n) is 3.23. The summed E-state index contributed by atoms with van der Waals surface area (Å²) in [7, 11) is 3.52. The highest BCUT2D eigenvalue weighted by molar-refractivity contribution is 8.77. The minimum atomic E-state index is -0.399. The molecule has 142 valence electrons. The maximum atomic E-state index is 12.8. The molecule has 0 aliphatic heterocycles. The first-order valence-electron chi connectivity index (χ1n) is 8.68. The lowest BCUT2D eigenvalue weighted by Crippen LogP contribution is -2.49. The van der Waals surface area contributed by atoms with Gasteiger partial charge in [-0.3, -0.25) is 9.59 Å². The van der Waals surface area contributed by atoms with Crippen LogP contribution in [-0.2, 0) is 9.59 Å². The molecule has 0 bridgehead atoms. The minimum absolute atomic E-state index is 0.134. The Bertz CT molecular complexity index is 428. The highest BCUT2D eigenvalue weighted by atomic mass is 33.1. The number of ketones is 2. The largest absolute Gasteiger partial charge is 0.302 e. The summed E-state index contributed by atoms with van der Waals surface area (Å²) in [5, 5.41) is 3.43. The Hall–Kier alpha value is -0.0000000000000000555. The summed E-state index contributed by atoms with van der Waals surface area (Å²) < 4.78 is 0.162. The molecule has 0 heterocycles. The van der Waals surface area contributed by atoms with Crippen LogP contribution in [0, 0.1) is 11.3 Å². The first-order valence-corrected chi connectivity index (χ1v) is 11.0. The Balaban J connectivity index is 4.88. The maximum Gasteiger partial charge on any atom is 0.151 e. The number of carbonyl (C=O) groups excluding carboxylic acids is 2. The summed E-state index contributed by atoms with van der Waals surface area (Å²) in [6.45, 7) is 20.3. The average Bonchev–Trinajstić information content (AvgIpc) is 2.32. The van der Waals surface area contributed by atoms with Gasteiger partial charge in [-0.05, 0) is 20.8 Å². The summed E-state index contributed by atoms with van der Waals surface area (Å²) in [5.41, 5.74) is -0.534. The van der Waals surface area contributed by atoms with E-state index < -0.39 is 5.41 Å². The molecule has 3 nitrogen and oxygen atoms in total. The molecule has 0 fully saturated rings. The predicted molar refractivity (Wildman–Crippen MR) is 110 cm³/mol. The molecule has 2 unspecified atom stereocenters. The van der Waals surface area contributed by atoms with Crippen LogP contribution in [0.2, 0.25) is 0 Å². The molecule has 0 spiro atoms. The van der Waals surface area contributed by atoms with E-state index in [4.69, 9.17) is 0 Å². The van der Waals surface area contributed by atoms with E-state index in [1.807, 2.05) is 27.7 Å². The molecule has 0 saturated carbocycles. The number of nitrogens with one attached hydrogen (secondary N) is 1. The van der Waals surface area contributed by atoms with E-state index in [9.17, 15) is 9.59 Å². The van der Waals surface area contributed by atoms with Crippen LogP contribution in [0.5, 0.6) is 0 Å². The van der Waals surface area contributed by atoms with Gasteiger partial charge in [-0.25, -0.2) is 0 Å². The van der Waals surface area contributed by atoms with Crippen LogP contribution in [0.3, 0.4) is 0 Å². The summed E-state index contributed by atoms with van der Waals surface area (Å²) in [6, 6.07) is -0.222. The van der Waals surface area contributed by atoms with Crippen LogP contribution in [0.4, 0.5) is 0 Å². The second-order valence-corrected chi connectivity index (χ2v) is 12.8. The van der Waals surface area contributed by atoms with Gasteiger partial charge in [-0.1, -0.05) is 70.1 Å². The van der Waals surface area contributed by atoms with Crippen molar-refractivity contribution in [3.05, 3.63) is 0 Å². The molecule has 0 radical (unpaired) electrons. The van der Waals surface area contributed by atoms with E-state index in [1.54, 1.807) is 21.6 Å². The van der Waals surface area contributed by atoms with Gasteiger partial charge in [-0.15, -0.1) is 0 Å². The maximum absolute atomic E-state index is 12.8. The fourth-order valence-electron chi connectivity index (χ4n) is 2.29. The van der Waals surface area contributed by atoms with Crippen molar-refractivity contribution in [1.82, 2.24) is 5.32 Å².